The molecule has 1 aliphatic heterocycles. The highest BCUT2D eigenvalue weighted by Crippen LogP contribution is 2.24. The average Bonchev–Trinajstić information content (AvgIpc) is 2.58. The molecule has 1 saturated heterocycles. The Labute approximate surface area is 144 Å². The lowest BCUT2D eigenvalue weighted by molar-refractivity contribution is 0.0947. The molecule has 1 N–H and O–H groups in total. The number of amides is 1. The van der Waals surface area contributed by atoms with Crippen LogP contribution in [0.15, 0.2) is 18.2 Å². The summed E-state index contributed by atoms with van der Waals surface area (Å²) < 4.78 is 5.10. The Bertz CT molecular complexity index is 522. The zero-order valence-corrected chi connectivity index (χ0v) is 14.9. The Morgan fingerprint density at radius 3 is 2.96 bits per heavy atom. The third kappa shape index (κ3) is 5.11. The van der Waals surface area contributed by atoms with Gasteiger partial charge in [0.1, 0.15) is 5.75 Å². The number of carbonyl (C=O) groups is 1. The summed E-state index contributed by atoms with van der Waals surface area (Å²) in [5.74, 6) is 0.499. The number of nitrogens with zero attached hydrogens (tertiary/aromatic N) is 1. The van der Waals surface area contributed by atoms with Gasteiger partial charge in [0.2, 0.25) is 0 Å². The van der Waals surface area contributed by atoms with Crippen molar-refractivity contribution in [2.75, 3.05) is 26.7 Å². The van der Waals surface area contributed by atoms with Gasteiger partial charge < -0.3 is 15.0 Å². The number of likely N-dealkylation sites (tertiary alicyclic amines) is 1. The van der Waals surface area contributed by atoms with Crippen molar-refractivity contribution in [2.45, 2.75) is 45.1 Å². The minimum atomic E-state index is -0.0831. The van der Waals surface area contributed by atoms with Crippen molar-refractivity contribution in [3.63, 3.8) is 0 Å². The molecule has 0 radical (unpaired) electrons. The summed E-state index contributed by atoms with van der Waals surface area (Å²) >= 11 is 6.06. The normalized spacial score (nSPS) is 18.7. The standard InChI is InChI=1S/C18H27ClN2O2/c1-3-15-7-4-5-11-21(15)12-6-10-20-18(22)14-8-9-17(23-2)16(19)13-14/h8-9,13,15H,3-7,10-12H2,1-2H3,(H,20,22)/t15-/m0/s1. The maximum absolute atomic E-state index is 12.1. The topological polar surface area (TPSA) is 41.6 Å². The van der Waals surface area contributed by atoms with Gasteiger partial charge in [0.05, 0.1) is 12.1 Å². The number of halogens is 1. The third-order valence-electron chi connectivity index (χ3n) is 4.54. The molecule has 4 nitrogen and oxygen atoms in total. The molecule has 0 saturated carbocycles. The van der Waals surface area contributed by atoms with Gasteiger partial charge in [-0.3, -0.25) is 4.79 Å². The fourth-order valence-electron chi connectivity index (χ4n) is 3.21. The monoisotopic (exact) mass is 338 g/mol. The van der Waals surface area contributed by atoms with Crippen LogP contribution in [0.3, 0.4) is 0 Å². The van der Waals surface area contributed by atoms with Gasteiger partial charge in [0.15, 0.2) is 0 Å². The number of hydrogen-bond acceptors (Lipinski definition) is 3. The minimum Gasteiger partial charge on any atom is -0.495 e. The van der Waals surface area contributed by atoms with Crippen LogP contribution in [-0.2, 0) is 0 Å². The summed E-state index contributed by atoms with van der Waals surface area (Å²) in [6.45, 7) is 5.20. The molecule has 0 aromatic heterocycles. The van der Waals surface area contributed by atoms with E-state index < -0.39 is 0 Å². The lowest BCUT2D eigenvalue weighted by atomic mass is 10.00. The number of hydrogen-bond donors (Lipinski definition) is 1. The first-order chi connectivity index (χ1) is 11.2. The molecule has 1 aliphatic rings. The van der Waals surface area contributed by atoms with Crippen molar-refractivity contribution in [1.82, 2.24) is 10.2 Å². The van der Waals surface area contributed by atoms with Crippen LogP contribution in [0, 0.1) is 0 Å². The molecular weight excluding hydrogens is 312 g/mol. The van der Waals surface area contributed by atoms with E-state index in [2.05, 4.69) is 17.1 Å². The van der Waals surface area contributed by atoms with Crippen LogP contribution < -0.4 is 10.1 Å². The van der Waals surface area contributed by atoms with E-state index in [9.17, 15) is 4.79 Å². The van der Waals surface area contributed by atoms with E-state index in [1.807, 2.05) is 0 Å². The van der Waals surface area contributed by atoms with E-state index in [0.29, 0.717) is 22.9 Å². The van der Waals surface area contributed by atoms with Crippen molar-refractivity contribution < 1.29 is 9.53 Å². The molecule has 0 aliphatic carbocycles. The molecule has 1 heterocycles. The van der Waals surface area contributed by atoms with Gasteiger partial charge in [-0.2, -0.15) is 0 Å². The van der Waals surface area contributed by atoms with Crippen molar-refractivity contribution in [1.29, 1.82) is 0 Å². The molecule has 0 unspecified atom stereocenters. The molecular formula is C18H27ClN2O2. The van der Waals surface area contributed by atoms with Crippen molar-refractivity contribution in [2.24, 2.45) is 0 Å². The first-order valence-corrected chi connectivity index (χ1v) is 8.89. The largest absolute Gasteiger partial charge is 0.495 e. The lowest BCUT2D eigenvalue weighted by Crippen LogP contribution is -2.40. The Morgan fingerprint density at radius 1 is 1.43 bits per heavy atom. The summed E-state index contributed by atoms with van der Waals surface area (Å²) in [5.41, 5.74) is 0.570. The maximum Gasteiger partial charge on any atom is 0.251 e. The number of piperidine rings is 1. The van der Waals surface area contributed by atoms with E-state index in [4.69, 9.17) is 16.3 Å². The van der Waals surface area contributed by atoms with E-state index in [-0.39, 0.29) is 5.91 Å². The predicted molar refractivity (Wildman–Crippen MR) is 94.5 cm³/mol. The van der Waals surface area contributed by atoms with Crippen LogP contribution >= 0.6 is 11.6 Å². The van der Waals surface area contributed by atoms with Crippen LogP contribution in [0.25, 0.3) is 0 Å². The van der Waals surface area contributed by atoms with Crippen LogP contribution in [-0.4, -0.2) is 43.6 Å². The van der Waals surface area contributed by atoms with Gasteiger partial charge in [-0.1, -0.05) is 24.9 Å². The minimum absolute atomic E-state index is 0.0831. The number of nitrogens with one attached hydrogen (secondary N) is 1. The fraction of sp³-hybridized carbons (Fsp3) is 0.611. The van der Waals surface area contributed by atoms with Crippen molar-refractivity contribution in [3.05, 3.63) is 28.8 Å². The molecule has 23 heavy (non-hydrogen) atoms. The van der Waals surface area contributed by atoms with Gasteiger partial charge in [-0.15, -0.1) is 0 Å². The molecule has 1 aromatic carbocycles. The number of carbonyl (C=O) groups excluding carboxylic acids is 1. The van der Waals surface area contributed by atoms with Gasteiger partial charge in [0, 0.05) is 24.7 Å². The number of ether oxygens (including phenoxy) is 1. The summed E-state index contributed by atoms with van der Waals surface area (Å²) in [6.07, 6.45) is 6.16. The highest BCUT2D eigenvalue weighted by atomic mass is 35.5. The molecule has 5 heteroatoms. The first kappa shape index (κ1) is 18.1. The molecule has 1 fully saturated rings. The molecule has 0 spiro atoms. The Hall–Kier alpha value is -1.26. The van der Waals surface area contributed by atoms with Crippen LogP contribution in [0.1, 0.15) is 49.4 Å². The van der Waals surface area contributed by atoms with Crippen LogP contribution in [0.4, 0.5) is 0 Å². The highest BCUT2D eigenvalue weighted by Gasteiger charge is 2.19. The number of benzene rings is 1. The second-order valence-electron chi connectivity index (χ2n) is 6.05. The summed E-state index contributed by atoms with van der Waals surface area (Å²) in [7, 11) is 1.56. The van der Waals surface area contributed by atoms with Crippen LogP contribution in [0.5, 0.6) is 5.75 Å². The summed E-state index contributed by atoms with van der Waals surface area (Å²) in [4.78, 5) is 14.7. The zero-order valence-electron chi connectivity index (χ0n) is 14.1. The third-order valence-corrected chi connectivity index (χ3v) is 4.84. The van der Waals surface area contributed by atoms with Gasteiger partial charge in [0.25, 0.3) is 5.91 Å². The smallest absolute Gasteiger partial charge is 0.251 e. The van der Waals surface area contributed by atoms with E-state index >= 15 is 0 Å². The molecule has 1 atom stereocenters. The highest BCUT2D eigenvalue weighted by molar-refractivity contribution is 6.32. The molecule has 0 bridgehead atoms. The van der Waals surface area contributed by atoms with Gasteiger partial charge in [-0.05, 0) is 50.4 Å². The Balaban J connectivity index is 1.75. The van der Waals surface area contributed by atoms with E-state index in [1.165, 1.54) is 32.2 Å². The predicted octanol–water partition coefficient (Wildman–Crippen LogP) is 3.73. The Kier molecular flexibility index (Phi) is 7.18. The number of methoxy groups -OCH3 is 1. The zero-order chi connectivity index (χ0) is 16.7. The molecule has 1 aromatic rings. The maximum atomic E-state index is 12.1. The van der Waals surface area contributed by atoms with Gasteiger partial charge in [-0.25, -0.2) is 0 Å². The Morgan fingerprint density at radius 2 is 2.26 bits per heavy atom. The fourth-order valence-corrected chi connectivity index (χ4v) is 3.47. The lowest BCUT2D eigenvalue weighted by Gasteiger charge is -2.35. The van der Waals surface area contributed by atoms with E-state index in [1.54, 1.807) is 25.3 Å². The number of rotatable bonds is 7. The molecule has 1 amide bonds. The van der Waals surface area contributed by atoms with E-state index in [0.717, 1.165) is 19.0 Å². The van der Waals surface area contributed by atoms with Crippen LogP contribution in [0.2, 0.25) is 5.02 Å². The van der Waals surface area contributed by atoms with Crippen molar-refractivity contribution >= 4 is 17.5 Å². The second kappa shape index (κ2) is 9.14. The average molecular weight is 339 g/mol. The molecule has 2 rings (SSSR count). The van der Waals surface area contributed by atoms with Crippen molar-refractivity contribution in [3.8, 4) is 5.75 Å². The first-order valence-electron chi connectivity index (χ1n) is 8.51. The second-order valence-corrected chi connectivity index (χ2v) is 6.46. The molecule has 128 valence electrons. The summed E-state index contributed by atoms with van der Waals surface area (Å²) in [5, 5.41) is 3.43. The van der Waals surface area contributed by atoms with Gasteiger partial charge >= 0.3 is 0 Å². The SMILES string of the molecule is CC[C@H]1CCCCN1CCCNC(=O)c1ccc(OC)c(Cl)c1. The summed E-state index contributed by atoms with van der Waals surface area (Å²) in [6, 6.07) is 5.82. The quantitative estimate of drug-likeness (QED) is 0.770.